The molecule has 0 saturated carbocycles. The van der Waals surface area contributed by atoms with Crippen molar-refractivity contribution in [3.63, 3.8) is 0 Å². The van der Waals surface area contributed by atoms with Gasteiger partial charge in [0.2, 0.25) is 0 Å². The molecule has 17 heavy (non-hydrogen) atoms. The Bertz CT molecular complexity index is 549. The number of nitrogens with zero attached hydrogens (tertiary/aromatic N) is 2. The molecule has 0 amide bonds. The fourth-order valence-corrected chi connectivity index (χ4v) is 3.02. The van der Waals surface area contributed by atoms with Crippen molar-refractivity contribution in [3.05, 3.63) is 23.0 Å². The average Bonchev–Trinajstić information content (AvgIpc) is 2.92. The van der Waals surface area contributed by atoms with Crippen LogP contribution in [0.1, 0.15) is 22.9 Å². The topological polar surface area (TPSA) is 90.9 Å². The number of aromatic nitrogens is 3. The molecule has 1 unspecified atom stereocenters. The fraction of sp³-hybridized carbons (Fsp3) is 0.300. The van der Waals surface area contributed by atoms with Gasteiger partial charge in [-0.25, -0.2) is 4.98 Å². The van der Waals surface area contributed by atoms with E-state index in [1.165, 1.54) is 11.3 Å². The molecule has 3 rings (SSSR count). The molecule has 7 heteroatoms. The standard InChI is InChI=1S/C10H10N4O2S/c15-9(16)6-1-2-7-8(6)14-10(17-7)13-5-3-11-12-4-5/h3-4,6H,1-2H2,(H,11,12)(H,13,14)(H,15,16). The fourth-order valence-electron chi connectivity index (χ4n) is 1.96. The van der Waals surface area contributed by atoms with Crippen molar-refractivity contribution in [2.45, 2.75) is 18.8 Å². The van der Waals surface area contributed by atoms with Gasteiger partial charge in [-0.2, -0.15) is 5.10 Å². The number of rotatable bonds is 3. The summed E-state index contributed by atoms with van der Waals surface area (Å²) in [5.41, 5.74) is 1.54. The molecule has 1 aliphatic rings. The highest BCUT2D eigenvalue weighted by atomic mass is 32.1. The number of aliphatic carboxylic acids is 1. The summed E-state index contributed by atoms with van der Waals surface area (Å²) in [5.74, 6) is -1.23. The Morgan fingerprint density at radius 1 is 1.65 bits per heavy atom. The van der Waals surface area contributed by atoms with Gasteiger partial charge in [0.15, 0.2) is 5.13 Å². The maximum absolute atomic E-state index is 11.0. The molecule has 1 atom stereocenters. The van der Waals surface area contributed by atoms with Crippen LogP contribution in [-0.2, 0) is 11.2 Å². The molecule has 0 fully saturated rings. The van der Waals surface area contributed by atoms with E-state index in [2.05, 4.69) is 20.5 Å². The Balaban J connectivity index is 1.86. The second-order valence-corrected chi connectivity index (χ2v) is 4.95. The average molecular weight is 250 g/mol. The van der Waals surface area contributed by atoms with E-state index < -0.39 is 11.9 Å². The van der Waals surface area contributed by atoms with E-state index in [1.54, 1.807) is 12.4 Å². The van der Waals surface area contributed by atoms with E-state index in [4.69, 9.17) is 5.11 Å². The number of carbonyl (C=O) groups is 1. The summed E-state index contributed by atoms with van der Waals surface area (Å²) in [7, 11) is 0. The van der Waals surface area contributed by atoms with Crippen molar-refractivity contribution in [2.24, 2.45) is 0 Å². The number of hydrogen-bond donors (Lipinski definition) is 3. The number of H-pyrrole nitrogens is 1. The smallest absolute Gasteiger partial charge is 0.312 e. The zero-order valence-corrected chi connectivity index (χ0v) is 9.62. The summed E-state index contributed by atoms with van der Waals surface area (Å²) in [4.78, 5) is 16.4. The maximum atomic E-state index is 11.0. The van der Waals surface area contributed by atoms with Crippen LogP contribution in [0.2, 0.25) is 0 Å². The summed E-state index contributed by atoms with van der Waals surface area (Å²) in [6.45, 7) is 0. The number of thiazole rings is 1. The van der Waals surface area contributed by atoms with Gasteiger partial charge in [-0.05, 0) is 12.8 Å². The monoisotopic (exact) mass is 250 g/mol. The van der Waals surface area contributed by atoms with Gasteiger partial charge in [0.25, 0.3) is 0 Å². The van der Waals surface area contributed by atoms with Crippen molar-refractivity contribution >= 4 is 28.1 Å². The van der Waals surface area contributed by atoms with Crippen LogP contribution in [0.3, 0.4) is 0 Å². The van der Waals surface area contributed by atoms with Crippen LogP contribution in [0.15, 0.2) is 12.4 Å². The molecule has 0 saturated heterocycles. The summed E-state index contributed by atoms with van der Waals surface area (Å²) < 4.78 is 0. The number of aryl methyl sites for hydroxylation is 1. The summed E-state index contributed by atoms with van der Waals surface area (Å²) in [6, 6.07) is 0. The number of nitrogens with one attached hydrogen (secondary N) is 2. The number of anilines is 2. The highest BCUT2D eigenvalue weighted by Gasteiger charge is 2.32. The number of carboxylic acids is 1. The van der Waals surface area contributed by atoms with Gasteiger partial charge in [0, 0.05) is 11.1 Å². The van der Waals surface area contributed by atoms with Crippen LogP contribution in [0.4, 0.5) is 10.8 Å². The minimum absolute atomic E-state index is 0.443. The Morgan fingerprint density at radius 3 is 3.24 bits per heavy atom. The molecule has 3 N–H and O–H groups in total. The Hall–Kier alpha value is -1.89. The van der Waals surface area contributed by atoms with Gasteiger partial charge < -0.3 is 10.4 Å². The van der Waals surface area contributed by atoms with Gasteiger partial charge in [0.1, 0.15) is 5.92 Å². The van der Waals surface area contributed by atoms with Crippen molar-refractivity contribution in [1.82, 2.24) is 15.2 Å². The molecule has 0 aliphatic heterocycles. The second-order valence-electron chi connectivity index (χ2n) is 3.87. The Labute approximate surface area is 101 Å². The Morgan fingerprint density at radius 2 is 2.53 bits per heavy atom. The van der Waals surface area contributed by atoms with Crippen LogP contribution in [0.25, 0.3) is 0 Å². The van der Waals surface area contributed by atoms with E-state index >= 15 is 0 Å². The first kappa shape index (κ1) is 10.3. The van der Waals surface area contributed by atoms with E-state index in [9.17, 15) is 4.79 Å². The minimum atomic E-state index is -0.788. The summed E-state index contributed by atoms with van der Waals surface area (Å²) in [6.07, 6.45) is 4.84. The van der Waals surface area contributed by atoms with Gasteiger partial charge in [-0.3, -0.25) is 9.89 Å². The molecule has 2 aromatic rings. The molecule has 88 valence electrons. The normalized spacial score (nSPS) is 18.0. The minimum Gasteiger partial charge on any atom is -0.481 e. The lowest BCUT2D eigenvalue weighted by molar-refractivity contribution is -0.138. The first-order valence-electron chi connectivity index (χ1n) is 5.22. The highest BCUT2D eigenvalue weighted by molar-refractivity contribution is 7.15. The molecule has 2 heterocycles. The van der Waals surface area contributed by atoms with Crippen molar-refractivity contribution in [2.75, 3.05) is 5.32 Å². The van der Waals surface area contributed by atoms with Crippen LogP contribution in [-0.4, -0.2) is 26.3 Å². The lowest BCUT2D eigenvalue weighted by Crippen LogP contribution is -2.08. The van der Waals surface area contributed by atoms with Gasteiger partial charge in [-0.15, -0.1) is 11.3 Å². The third-order valence-electron chi connectivity index (χ3n) is 2.77. The quantitative estimate of drug-likeness (QED) is 0.771. The molecule has 0 radical (unpaired) electrons. The van der Waals surface area contributed by atoms with Crippen LogP contribution >= 0.6 is 11.3 Å². The third-order valence-corrected chi connectivity index (χ3v) is 3.81. The van der Waals surface area contributed by atoms with Gasteiger partial charge in [0.05, 0.1) is 17.6 Å². The molecule has 6 nitrogen and oxygen atoms in total. The van der Waals surface area contributed by atoms with E-state index in [0.29, 0.717) is 12.1 Å². The largest absolute Gasteiger partial charge is 0.481 e. The second kappa shape index (κ2) is 3.85. The number of hydrogen-bond acceptors (Lipinski definition) is 5. The zero-order chi connectivity index (χ0) is 11.8. The molecule has 2 aromatic heterocycles. The molecule has 0 spiro atoms. The number of carboxylic acid groups (broad SMARTS) is 1. The summed E-state index contributed by atoms with van der Waals surface area (Å²) in [5, 5.41) is 19.4. The molecule has 1 aliphatic carbocycles. The molecular weight excluding hydrogens is 240 g/mol. The van der Waals surface area contributed by atoms with Crippen LogP contribution < -0.4 is 5.32 Å². The summed E-state index contributed by atoms with van der Waals surface area (Å²) >= 11 is 1.51. The molecular formula is C10H10N4O2S. The first-order valence-corrected chi connectivity index (χ1v) is 6.04. The van der Waals surface area contributed by atoms with Crippen molar-refractivity contribution in [3.8, 4) is 0 Å². The van der Waals surface area contributed by atoms with E-state index in [-0.39, 0.29) is 0 Å². The maximum Gasteiger partial charge on any atom is 0.312 e. The van der Waals surface area contributed by atoms with Crippen molar-refractivity contribution in [1.29, 1.82) is 0 Å². The Kier molecular flexibility index (Phi) is 2.32. The van der Waals surface area contributed by atoms with Gasteiger partial charge >= 0.3 is 5.97 Å². The number of aromatic amines is 1. The van der Waals surface area contributed by atoms with Crippen LogP contribution in [0, 0.1) is 0 Å². The number of fused-ring (bicyclic) bond motifs is 1. The van der Waals surface area contributed by atoms with Crippen molar-refractivity contribution < 1.29 is 9.90 Å². The third kappa shape index (κ3) is 1.78. The SMILES string of the molecule is O=C(O)C1CCc2sc(Nc3cn[nH]c3)nc21. The zero-order valence-electron chi connectivity index (χ0n) is 8.80. The molecule has 0 aromatic carbocycles. The van der Waals surface area contributed by atoms with Crippen LogP contribution in [0.5, 0.6) is 0 Å². The highest BCUT2D eigenvalue weighted by Crippen LogP contribution is 2.38. The van der Waals surface area contributed by atoms with Gasteiger partial charge in [-0.1, -0.05) is 0 Å². The first-order chi connectivity index (χ1) is 8.24. The van der Waals surface area contributed by atoms with E-state index in [1.807, 2.05) is 0 Å². The predicted octanol–water partition coefficient (Wildman–Crippen LogP) is 1.72. The predicted molar refractivity (Wildman–Crippen MR) is 62.7 cm³/mol. The van der Waals surface area contributed by atoms with E-state index in [0.717, 1.165) is 22.1 Å². The molecule has 0 bridgehead atoms. The lowest BCUT2D eigenvalue weighted by atomic mass is 10.1. The lowest BCUT2D eigenvalue weighted by Gasteiger charge is -2.01.